The van der Waals surface area contributed by atoms with Gasteiger partial charge in [0.05, 0.1) is 11.1 Å². The number of halogens is 6. The molecule has 0 unspecified atom stereocenters. The minimum absolute atomic E-state index is 0.0454. The van der Waals surface area contributed by atoms with Crippen molar-refractivity contribution in [3.8, 4) is 0 Å². The summed E-state index contributed by atoms with van der Waals surface area (Å²) in [6, 6.07) is 13.0. The van der Waals surface area contributed by atoms with Crippen molar-refractivity contribution in [3.63, 3.8) is 0 Å². The zero-order valence-corrected chi connectivity index (χ0v) is 15.5. The average molecular weight is 437 g/mol. The fourth-order valence-electron chi connectivity index (χ4n) is 2.78. The molecule has 0 radical (unpaired) electrons. The van der Waals surface area contributed by atoms with Gasteiger partial charge in [-0.3, -0.25) is 9.59 Å². The molecule has 3 aromatic carbocycles. The number of nitrogens with one attached hydrogen (secondary N) is 1. The van der Waals surface area contributed by atoms with Crippen LogP contribution in [-0.4, -0.2) is 11.7 Å². The van der Waals surface area contributed by atoms with E-state index in [9.17, 15) is 35.9 Å². The van der Waals surface area contributed by atoms with E-state index in [-0.39, 0.29) is 22.4 Å². The van der Waals surface area contributed by atoms with Gasteiger partial charge in [0.1, 0.15) is 0 Å². The molecule has 0 saturated carbocycles. The molecule has 3 aromatic rings. The largest absolute Gasteiger partial charge is 0.416 e. The molecule has 1 N–H and O–H groups in total. The molecule has 160 valence electrons. The summed E-state index contributed by atoms with van der Waals surface area (Å²) in [5, 5.41) is 2.31. The smallest absolute Gasteiger partial charge is 0.322 e. The molecule has 9 heteroatoms. The van der Waals surface area contributed by atoms with Crippen LogP contribution in [0, 0.1) is 0 Å². The number of anilines is 1. The van der Waals surface area contributed by atoms with Crippen molar-refractivity contribution >= 4 is 17.4 Å². The normalized spacial score (nSPS) is 11.8. The van der Waals surface area contributed by atoms with Gasteiger partial charge in [0.25, 0.3) is 5.91 Å². The molecule has 0 aliphatic rings. The number of carbonyl (C=O) groups excluding carboxylic acids is 2. The first-order valence-corrected chi connectivity index (χ1v) is 8.76. The number of benzene rings is 3. The summed E-state index contributed by atoms with van der Waals surface area (Å²) in [4.78, 5) is 25.0. The van der Waals surface area contributed by atoms with Crippen molar-refractivity contribution in [1.82, 2.24) is 0 Å². The van der Waals surface area contributed by atoms with Crippen molar-refractivity contribution < 1.29 is 35.9 Å². The van der Waals surface area contributed by atoms with Gasteiger partial charge < -0.3 is 5.32 Å². The molecule has 0 spiro atoms. The highest BCUT2D eigenvalue weighted by atomic mass is 19.4. The van der Waals surface area contributed by atoms with E-state index in [1.807, 2.05) is 0 Å². The van der Waals surface area contributed by atoms with E-state index in [4.69, 9.17) is 0 Å². The van der Waals surface area contributed by atoms with E-state index in [0.717, 1.165) is 36.4 Å². The molecular formula is C22H13F6NO2. The van der Waals surface area contributed by atoms with E-state index in [1.54, 1.807) is 0 Å². The Bertz CT molecular complexity index is 1140. The number of hydrogen-bond acceptors (Lipinski definition) is 2. The lowest BCUT2D eigenvalue weighted by Crippen LogP contribution is -2.14. The van der Waals surface area contributed by atoms with E-state index < -0.39 is 35.2 Å². The van der Waals surface area contributed by atoms with Crippen LogP contribution in [0.25, 0.3) is 0 Å². The quantitative estimate of drug-likeness (QED) is 0.390. The topological polar surface area (TPSA) is 46.2 Å². The Morgan fingerprint density at radius 2 is 1.10 bits per heavy atom. The van der Waals surface area contributed by atoms with Gasteiger partial charge in [-0.25, -0.2) is 0 Å². The highest BCUT2D eigenvalue weighted by Crippen LogP contribution is 2.31. The molecule has 0 heterocycles. The molecule has 0 saturated heterocycles. The summed E-state index contributed by atoms with van der Waals surface area (Å²) in [7, 11) is 0. The minimum atomic E-state index is -4.62. The van der Waals surface area contributed by atoms with Crippen LogP contribution in [0.4, 0.5) is 32.0 Å². The Kier molecular flexibility index (Phi) is 5.88. The first-order valence-electron chi connectivity index (χ1n) is 8.76. The summed E-state index contributed by atoms with van der Waals surface area (Å²) in [5.41, 5.74) is -2.35. The number of rotatable bonds is 4. The van der Waals surface area contributed by atoms with E-state index in [0.29, 0.717) is 6.07 Å². The number of ketones is 1. The Morgan fingerprint density at radius 1 is 0.613 bits per heavy atom. The molecule has 0 aliphatic carbocycles. The lowest BCUT2D eigenvalue weighted by Gasteiger charge is -2.11. The summed E-state index contributed by atoms with van der Waals surface area (Å²) in [5.74, 6) is -1.52. The Hall–Kier alpha value is -3.62. The molecule has 31 heavy (non-hydrogen) atoms. The highest BCUT2D eigenvalue weighted by Gasteiger charge is 2.31. The third-order valence-electron chi connectivity index (χ3n) is 4.29. The number of amides is 1. The Morgan fingerprint density at radius 3 is 1.71 bits per heavy atom. The molecule has 0 atom stereocenters. The van der Waals surface area contributed by atoms with Gasteiger partial charge in [-0.1, -0.05) is 30.3 Å². The Labute approximate surface area is 172 Å². The van der Waals surface area contributed by atoms with Crippen LogP contribution in [0.1, 0.15) is 37.4 Å². The summed E-state index contributed by atoms with van der Waals surface area (Å²) in [6.45, 7) is 0. The highest BCUT2D eigenvalue weighted by molar-refractivity contribution is 6.11. The molecule has 0 aromatic heterocycles. The number of carbonyl (C=O) groups is 2. The fourth-order valence-corrected chi connectivity index (χ4v) is 2.78. The van der Waals surface area contributed by atoms with Gasteiger partial charge in [0.2, 0.25) is 0 Å². The number of alkyl halides is 6. The Balaban J connectivity index is 1.83. The van der Waals surface area contributed by atoms with Gasteiger partial charge in [-0.05, 0) is 42.5 Å². The van der Waals surface area contributed by atoms with Gasteiger partial charge in [-0.2, -0.15) is 26.3 Å². The van der Waals surface area contributed by atoms with E-state index in [2.05, 4.69) is 5.32 Å². The number of hydrogen-bond donors (Lipinski definition) is 1. The standard InChI is InChI=1S/C22H13F6NO2/c23-21(24,25)16-7-2-5-14(11-16)19(30)13-4-1-6-15(10-13)20(31)29-18-9-3-8-17(12-18)22(26,27)28/h1-12H,(H,29,31). The monoisotopic (exact) mass is 437 g/mol. The van der Waals surface area contributed by atoms with Crippen molar-refractivity contribution in [1.29, 1.82) is 0 Å². The summed E-state index contributed by atoms with van der Waals surface area (Å²) < 4.78 is 77.1. The maximum atomic E-state index is 12.9. The third-order valence-corrected chi connectivity index (χ3v) is 4.29. The van der Waals surface area contributed by atoms with Crippen molar-refractivity contribution in [3.05, 3.63) is 101 Å². The van der Waals surface area contributed by atoms with Gasteiger partial charge in [0, 0.05) is 22.4 Å². The molecule has 0 bridgehead atoms. The lowest BCUT2D eigenvalue weighted by molar-refractivity contribution is -0.138. The fraction of sp³-hybridized carbons (Fsp3) is 0.0909. The predicted molar refractivity (Wildman–Crippen MR) is 101 cm³/mol. The first kappa shape index (κ1) is 22.1. The summed E-state index contributed by atoms with van der Waals surface area (Å²) in [6.07, 6.45) is -9.21. The van der Waals surface area contributed by atoms with Crippen molar-refractivity contribution in [2.75, 3.05) is 5.32 Å². The van der Waals surface area contributed by atoms with Gasteiger partial charge in [-0.15, -0.1) is 0 Å². The van der Waals surface area contributed by atoms with Crippen molar-refractivity contribution in [2.45, 2.75) is 12.4 Å². The SMILES string of the molecule is O=C(Nc1cccc(C(F)(F)F)c1)c1cccc(C(=O)c2cccc(C(F)(F)F)c2)c1. The van der Waals surface area contributed by atoms with Gasteiger partial charge >= 0.3 is 12.4 Å². The zero-order chi connectivity index (χ0) is 22.8. The second kappa shape index (κ2) is 8.25. The van der Waals surface area contributed by atoms with Crippen LogP contribution in [0.15, 0.2) is 72.8 Å². The molecule has 3 nitrogen and oxygen atoms in total. The van der Waals surface area contributed by atoms with Crippen molar-refractivity contribution in [2.24, 2.45) is 0 Å². The predicted octanol–water partition coefficient (Wildman–Crippen LogP) is 6.21. The molecule has 0 aliphatic heterocycles. The van der Waals surface area contributed by atoms with E-state index in [1.165, 1.54) is 30.3 Å². The third kappa shape index (κ3) is 5.30. The molecule has 0 fully saturated rings. The molecule has 3 rings (SSSR count). The maximum Gasteiger partial charge on any atom is 0.416 e. The molecular weight excluding hydrogens is 424 g/mol. The van der Waals surface area contributed by atoms with Crippen LogP contribution in [0.2, 0.25) is 0 Å². The van der Waals surface area contributed by atoms with E-state index >= 15 is 0 Å². The maximum absolute atomic E-state index is 12.9. The second-order valence-corrected chi connectivity index (χ2v) is 6.52. The second-order valence-electron chi connectivity index (χ2n) is 6.52. The van der Waals surface area contributed by atoms with Gasteiger partial charge in [0.15, 0.2) is 5.78 Å². The summed E-state index contributed by atoms with van der Waals surface area (Å²) >= 11 is 0. The lowest BCUT2D eigenvalue weighted by atomic mass is 9.99. The van der Waals surface area contributed by atoms with Crippen LogP contribution in [0.5, 0.6) is 0 Å². The first-order chi connectivity index (χ1) is 14.4. The molecule has 1 amide bonds. The minimum Gasteiger partial charge on any atom is -0.322 e. The zero-order valence-electron chi connectivity index (χ0n) is 15.5. The van der Waals surface area contributed by atoms with Crippen LogP contribution in [0.3, 0.4) is 0 Å². The van der Waals surface area contributed by atoms with Crippen LogP contribution < -0.4 is 5.32 Å². The van der Waals surface area contributed by atoms with Crippen LogP contribution in [-0.2, 0) is 12.4 Å². The van der Waals surface area contributed by atoms with Crippen LogP contribution >= 0.6 is 0 Å². The average Bonchev–Trinajstić information content (AvgIpc) is 2.72.